The van der Waals surface area contributed by atoms with Crippen LogP contribution in [0.2, 0.25) is 0 Å². The van der Waals surface area contributed by atoms with Crippen molar-refractivity contribution in [1.82, 2.24) is 4.98 Å². The first-order chi connectivity index (χ1) is 8.05. The lowest BCUT2D eigenvalue weighted by Gasteiger charge is -2.11. The van der Waals surface area contributed by atoms with Crippen molar-refractivity contribution in [3.05, 3.63) is 35.0 Å². The Hall–Kier alpha value is -1.57. The van der Waals surface area contributed by atoms with Crippen LogP contribution in [0.25, 0.3) is 12.2 Å². The van der Waals surface area contributed by atoms with E-state index in [0.717, 1.165) is 5.69 Å². The van der Waals surface area contributed by atoms with Gasteiger partial charge in [-0.1, -0.05) is 32.1 Å². The molecule has 0 unspecified atom stereocenters. The maximum atomic E-state index is 6.04. The van der Waals surface area contributed by atoms with Crippen LogP contribution in [0.4, 0.5) is 5.82 Å². The molecule has 0 atom stereocenters. The Labute approximate surface area is 102 Å². The number of allylic oxidation sites excluding steroid dienone is 2. The molecule has 1 saturated carbocycles. The van der Waals surface area contributed by atoms with Crippen molar-refractivity contribution in [1.29, 1.82) is 0 Å². The molecule has 1 heterocycles. The summed E-state index contributed by atoms with van der Waals surface area (Å²) < 4.78 is 0. The molecule has 0 bridgehead atoms. The van der Waals surface area contributed by atoms with E-state index < -0.39 is 0 Å². The van der Waals surface area contributed by atoms with Gasteiger partial charge in [-0.05, 0) is 36.5 Å². The number of aromatic nitrogens is 1. The lowest BCUT2D eigenvalue weighted by atomic mass is 9.93. The molecule has 2 aliphatic rings. The first-order valence-corrected chi connectivity index (χ1v) is 6.24. The van der Waals surface area contributed by atoms with E-state index in [-0.39, 0.29) is 5.41 Å². The summed E-state index contributed by atoms with van der Waals surface area (Å²) in [6, 6.07) is 2.22. The van der Waals surface area contributed by atoms with Gasteiger partial charge in [-0.25, -0.2) is 4.98 Å². The van der Waals surface area contributed by atoms with Crippen molar-refractivity contribution in [2.24, 2.45) is 5.41 Å². The topological polar surface area (TPSA) is 38.9 Å². The summed E-state index contributed by atoms with van der Waals surface area (Å²) in [4.78, 5) is 4.54. The highest BCUT2D eigenvalue weighted by molar-refractivity contribution is 5.69. The number of fused-ring (bicyclic) bond motifs is 1. The molecule has 0 saturated heterocycles. The molecule has 17 heavy (non-hydrogen) atoms. The maximum Gasteiger partial charge on any atom is 0.127 e. The molecular formula is C15H18N2. The first kappa shape index (κ1) is 10.6. The molecule has 0 radical (unpaired) electrons. The minimum Gasteiger partial charge on any atom is -0.383 e. The van der Waals surface area contributed by atoms with Gasteiger partial charge in [0.1, 0.15) is 5.82 Å². The highest BCUT2D eigenvalue weighted by Crippen LogP contribution is 2.43. The second-order valence-corrected chi connectivity index (χ2v) is 5.70. The predicted octanol–water partition coefficient (Wildman–Crippen LogP) is 3.61. The third-order valence-electron chi connectivity index (χ3n) is 3.52. The van der Waals surface area contributed by atoms with Crippen LogP contribution in [0.5, 0.6) is 0 Å². The third-order valence-corrected chi connectivity index (χ3v) is 3.52. The molecule has 1 aromatic rings. The number of hydrogen-bond acceptors (Lipinski definition) is 2. The molecule has 3 rings (SSSR count). The Bertz CT molecular complexity index is 520. The zero-order chi connectivity index (χ0) is 12.0. The SMILES string of the molecule is CC1(C)C=Cc2cc(C3CC3)c(N)nc2C=C1. The highest BCUT2D eigenvalue weighted by atomic mass is 14.8. The fraction of sp³-hybridized carbons (Fsp3) is 0.400. The number of anilines is 1. The summed E-state index contributed by atoms with van der Waals surface area (Å²) >= 11 is 0. The molecule has 2 nitrogen and oxygen atoms in total. The summed E-state index contributed by atoms with van der Waals surface area (Å²) in [5, 5.41) is 0. The molecule has 88 valence electrons. The number of rotatable bonds is 1. The number of nitrogens with zero attached hydrogens (tertiary/aromatic N) is 1. The summed E-state index contributed by atoms with van der Waals surface area (Å²) in [5.41, 5.74) is 9.56. The van der Waals surface area contributed by atoms with Crippen LogP contribution in [0.1, 0.15) is 49.4 Å². The smallest absolute Gasteiger partial charge is 0.127 e. The molecule has 1 fully saturated rings. The Morgan fingerprint density at radius 1 is 1.24 bits per heavy atom. The predicted molar refractivity (Wildman–Crippen MR) is 72.5 cm³/mol. The van der Waals surface area contributed by atoms with E-state index in [9.17, 15) is 0 Å². The number of nitrogens with two attached hydrogens (primary N) is 1. The molecule has 2 aliphatic carbocycles. The van der Waals surface area contributed by atoms with Gasteiger partial charge in [-0.3, -0.25) is 0 Å². The molecule has 0 aromatic carbocycles. The monoisotopic (exact) mass is 226 g/mol. The van der Waals surface area contributed by atoms with E-state index in [4.69, 9.17) is 5.73 Å². The van der Waals surface area contributed by atoms with Crippen LogP contribution in [0, 0.1) is 5.41 Å². The van der Waals surface area contributed by atoms with Crippen LogP contribution >= 0.6 is 0 Å². The molecule has 1 aromatic heterocycles. The lowest BCUT2D eigenvalue weighted by Crippen LogP contribution is -2.00. The first-order valence-electron chi connectivity index (χ1n) is 6.24. The standard InChI is InChI=1S/C15H18N2/c1-15(2)7-5-11-9-12(10-3-4-10)14(16)17-13(11)6-8-15/h5-10H,3-4H2,1-2H3,(H2,16,17). The molecular weight excluding hydrogens is 208 g/mol. The van der Waals surface area contributed by atoms with Gasteiger partial charge in [0.05, 0.1) is 5.69 Å². The Morgan fingerprint density at radius 3 is 2.65 bits per heavy atom. The van der Waals surface area contributed by atoms with Crippen LogP contribution in [-0.4, -0.2) is 4.98 Å². The van der Waals surface area contributed by atoms with Gasteiger partial charge in [0.25, 0.3) is 0 Å². The van der Waals surface area contributed by atoms with Gasteiger partial charge < -0.3 is 5.73 Å². The van der Waals surface area contributed by atoms with Crippen molar-refractivity contribution in [3.63, 3.8) is 0 Å². The van der Waals surface area contributed by atoms with Crippen LogP contribution in [-0.2, 0) is 0 Å². The number of hydrogen-bond donors (Lipinski definition) is 1. The average molecular weight is 226 g/mol. The summed E-state index contributed by atoms with van der Waals surface area (Å²) in [6.45, 7) is 4.38. The van der Waals surface area contributed by atoms with Crippen molar-refractivity contribution in [3.8, 4) is 0 Å². The van der Waals surface area contributed by atoms with Gasteiger partial charge in [0, 0.05) is 11.0 Å². The zero-order valence-electron chi connectivity index (χ0n) is 10.4. The molecule has 2 heteroatoms. The second kappa shape index (κ2) is 3.46. The van der Waals surface area contributed by atoms with E-state index in [1.807, 2.05) is 0 Å². The highest BCUT2D eigenvalue weighted by Gasteiger charge is 2.27. The molecule has 0 aliphatic heterocycles. The molecule has 0 spiro atoms. The van der Waals surface area contributed by atoms with Gasteiger partial charge in [-0.15, -0.1) is 0 Å². The Kier molecular flexibility index (Phi) is 2.15. The number of pyridine rings is 1. The van der Waals surface area contributed by atoms with Crippen molar-refractivity contribution in [2.75, 3.05) is 5.73 Å². The average Bonchev–Trinajstić information content (AvgIpc) is 3.08. The fourth-order valence-corrected chi connectivity index (χ4v) is 2.22. The van der Waals surface area contributed by atoms with Gasteiger partial charge in [0.2, 0.25) is 0 Å². The minimum atomic E-state index is 0.0925. The Morgan fingerprint density at radius 2 is 1.94 bits per heavy atom. The van der Waals surface area contributed by atoms with Crippen LogP contribution in [0.3, 0.4) is 0 Å². The van der Waals surface area contributed by atoms with Crippen molar-refractivity contribution >= 4 is 18.0 Å². The summed E-state index contributed by atoms with van der Waals surface area (Å²) in [7, 11) is 0. The lowest BCUT2D eigenvalue weighted by molar-refractivity contribution is 0.633. The zero-order valence-corrected chi connectivity index (χ0v) is 10.4. The quantitative estimate of drug-likeness (QED) is 0.794. The normalized spacial score (nSPS) is 21.1. The largest absolute Gasteiger partial charge is 0.383 e. The molecule has 0 amide bonds. The minimum absolute atomic E-state index is 0.0925. The van der Waals surface area contributed by atoms with Gasteiger partial charge in [-0.2, -0.15) is 0 Å². The number of nitrogen functional groups attached to an aromatic ring is 1. The summed E-state index contributed by atoms with van der Waals surface area (Å²) in [5.74, 6) is 1.37. The fourth-order valence-electron chi connectivity index (χ4n) is 2.22. The van der Waals surface area contributed by atoms with Gasteiger partial charge in [0.15, 0.2) is 0 Å². The second-order valence-electron chi connectivity index (χ2n) is 5.70. The van der Waals surface area contributed by atoms with Crippen molar-refractivity contribution in [2.45, 2.75) is 32.6 Å². The van der Waals surface area contributed by atoms with E-state index in [0.29, 0.717) is 11.7 Å². The maximum absolute atomic E-state index is 6.04. The van der Waals surface area contributed by atoms with Crippen LogP contribution < -0.4 is 5.73 Å². The van der Waals surface area contributed by atoms with E-state index in [1.165, 1.54) is 24.0 Å². The van der Waals surface area contributed by atoms with E-state index in [1.54, 1.807) is 0 Å². The Balaban J connectivity index is 2.11. The van der Waals surface area contributed by atoms with Crippen molar-refractivity contribution < 1.29 is 0 Å². The third kappa shape index (κ3) is 1.99. The van der Waals surface area contributed by atoms with Gasteiger partial charge >= 0.3 is 0 Å². The van der Waals surface area contributed by atoms with Crippen LogP contribution in [0.15, 0.2) is 18.2 Å². The van der Waals surface area contributed by atoms with E-state index in [2.05, 4.69) is 49.2 Å². The molecule has 2 N–H and O–H groups in total. The van der Waals surface area contributed by atoms with E-state index >= 15 is 0 Å². The summed E-state index contributed by atoms with van der Waals surface area (Å²) in [6.07, 6.45) is 11.2.